The topological polar surface area (TPSA) is 121 Å². The summed E-state index contributed by atoms with van der Waals surface area (Å²) in [5.74, 6) is -1.99. The summed E-state index contributed by atoms with van der Waals surface area (Å²) >= 11 is 0. The summed E-state index contributed by atoms with van der Waals surface area (Å²) in [6.45, 7) is 4.54. The summed E-state index contributed by atoms with van der Waals surface area (Å²) in [5, 5.41) is 10.9. The van der Waals surface area contributed by atoms with Gasteiger partial charge < -0.3 is 14.5 Å². The van der Waals surface area contributed by atoms with Gasteiger partial charge in [0, 0.05) is 12.6 Å². The zero-order valence-electron chi connectivity index (χ0n) is 16.5. The molecule has 0 unspecified atom stereocenters. The van der Waals surface area contributed by atoms with E-state index in [1.54, 1.807) is 42.9 Å². The summed E-state index contributed by atoms with van der Waals surface area (Å²) in [4.78, 5) is 36.4. The number of aromatic nitrogens is 4. The number of ether oxygens (including phenoxy) is 1. The Hall–Kier alpha value is -3.69. The maximum atomic E-state index is 12.3. The molecule has 0 bridgehead atoms. The standard InChI is InChI=1S/C19H21N5O5/c1-11-16(12(2)23(4)21-11)20-17(26)13(3)28-15(25)10-24-19(27)29-18(22-24)14-8-6-5-7-9-14/h5-9,13H,10H2,1-4H3,(H,20,26)/t13-/m0/s1. The highest BCUT2D eigenvalue weighted by Gasteiger charge is 2.22. The highest BCUT2D eigenvalue weighted by Crippen LogP contribution is 2.19. The summed E-state index contributed by atoms with van der Waals surface area (Å²) in [6.07, 6.45) is -1.07. The van der Waals surface area contributed by atoms with Crippen molar-refractivity contribution in [3.05, 3.63) is 52.3 Å². The molecule has 1 aromatic carbocycles. The van der Waals surface area contributed by atoms with Gasteiger partial charge in [-0.25, -0.2) is 4.79 Å². The van der Waals surface area contributed by atoms with Crippen molar-refractivity contribution in [2.75, 3.05) is 5.32 Å². The van der Waals surface area contributed by atoms with E-state index in [4.69, 9.17) is 9.15 Å². The van der Waals surface area contributed by atoms with Crippen LogP contribution in [0, 0.1) is 13.8 Å². The molecule has 0 radical (unpaired) electrons. The molecular formula is C19H21N5O5. The molecule has 1 atom stereocenters. The van der Waals surface area contributed by atoms with E-state index in [-0.39, 0.29) is 5.89 Å². The molecule has 2 heterocycles. The van der Waals surface area contributed by atoms with Crippen LogP contribution >= 0.6 is 0 Å². The predicted octanol–water partition coefficient (Wildman–Crippen LogP) is 1.42. The van der Waals surface area contributed by atoms with Crippen molar-refractivity contribution in [3.63, 3.8) is 0 Å². The summed E-state index contributed by atoms with van der Waals surface area (Å²) in [5.41, 5.74) is 2.60. The second-order valence-corrected chi connectivity index (χ2v) is 6.49. The number of amides is 1. The number of rotatable bonds is 6. The van der Waals surface area contributed by atoms with Gasteiger partial charge in [-0.1, -0.05) is 18.2 Å². The molecule has 0 aliphatic heterocycles. The lowest BCUT2D eigenvalue weighted by Gasteiger charge is -2.13. The van der Waals surface area contributed by atoms with Gasteiger partial charge in [0.05, 0.1) is 17.1 Å². The van der Waals surface area contributed by atoms with Gasteiger partial charge in [0.2, 0.25) is 5.89 Å². The SMILES string of the molecule is Cc1nn(C)c(C)c1NC(=O)[C@H](C)OC(=O)Cn1nc(-c2ccccc2)oc1=O. The maximum absolute atomic E-state index is 12.3. The monoisotopic (exact) mass is 399 g/mol. The number of nitrogens with one attached hydrogen (secondary N) is 1. The first-order valence-electron chi connectivity index (χ1n) is 8.90. The Morgan fingerprint density at radius 3 is 2.52 bits per heavy atom. The lowest BCUT2D eigenvalue weighted by molar-refractivity contribution is -0.154. The van der Waals surface area contributed by atoms with E-state index >= 15 is 0 Å². The van der Waals surface area contributed by atoms with Crippen LogP contribution in [0.1, 0.15) is 18.3 Å². The Morgan fingerprint density at radius 2 is 1.90 bits per heavy atom. The number of hydrogen-bond donors (Lipinski definition) is 1. The van der Waals surface area contributed by atoms with Crippen molar-refractivity contribution in [1.82, 2.24) is 19.6 Å². The Bertz CT molecular complexity index is 1100. The number of aryl methyl sites for hydroxylation is 2. The van der Waals surface area contributed by atoms with Crippen molar-refractivity contribution >= 4 is 17.6 Å². The Morgan fingerprint density at radius 1 is 1.21 bits per heavy atom. The minimum Gasteiger partial charge on any atom is -0.451 e. The second kappa shape index (κ2) is 8.13. The third kappa shape index (κ3) is 4.42. The molecule has 0 spiro atoms. The van der Waals surface area contributed by atoms with E-state index in [0.717, 1.165) is 10.4 Å². The fraction of sp³-hybridized carbons (Fsp3) is 0.316. The van der Waals surface area contributed by atoms with Gasteiger partial charge in [0.1, 0.15) is 6.54 Å². The third-order valence-electron chi connectivity index (χ3n) is 4.34. The van der Waals surface area contributed by atoms with Crippen LogP contribution in [-0.2, 0) is 27.9 Å². The molecule has 29 heavy (non-hydrogen) atoms. The van der Waals surface area contributed by atoms with Crippen LogP contribution in [0.5, 0.6) is 0 Å². The van der Waals surface area contributed by atoms with Crippen molar-refractivity contribution < 1.29 is 18.7 Å². The number of nitrogens with zero attached hydrogens (tertiary/aromatic N) is 4. The summed E-state index contributed by atoms with van der Waals surface area (Å²) in [6, 6.07) is 8.81. The minimum absolute atomic E-state index is 0.0942. The Kier molecular flexibility index (Phi) is 5.62. The zero-order valence-corrected chi connectivity index (χ0v) is 16.5. The van der Waals surface area contributed by atoms with E-state index in [1.165, 1.54) is 6.92 Å². The molecule has 1 amide bonds. The third-order valence-corrected chi connectivity index (χ3v) is 4.34. The number of benzene rings is 1. The normalized spacial score (nSPS) is 11.9. The maximum Gasteiger partial charge on any atom is 0.437 e. The molecule has 3 aromatic rings. The molecule has 0 saturated carbocycles. The van der Waals surface area contributed by atoms with Crippen molar-refractivity contribution in [2.45, 2.75) is 33.4 Å². The molecule has 3 rings (SSSR count). The molecule has 10 nitrogen and oxygen atoms in total. The van der Waals surface area contributed by atoms with Gasteiger partial charge in [0.15, 0.2) is 6.10 Å². The van der Waals surface area contributed by atoms with Gasteiger partial charge in [-0.15, -0.1) is 5.10 Å². The smallest absolute Gasteiger partial charge is 0.437 e. The van der Waals surface area contributed by atoms with Crippen LogP contribution in [0.15, 0.2) is 39.5 Å². The molecule has 0 aliphatic rings. The van der Waals surface area contributed by atoms with Crippen LogP contribution in [0.4, 0.5) is 5.69 Å². The fourth-order valence-corrected chi connectivity index (χ4v) is 2.69. The zero-order chi connectivity index (χ0) is 21.1. The van der Waals surface area contributed by atoms with Crippen LogP contribution in [0.3, 0.4) is 0 Å². The lowest BCUT2D eigenvalue weighted by Crippen LogP contribution is -2.32. The van der Waals surface area contributed by atoms with E-state index < -0.39 is 30.3 Å². The number of esters is 1. The van der Waals surface area contributed by atoms with Crippen molar-refractivity contribution in [1.29, 1.82) is 0 Å². The van der Waals surface area contributed by atoms with Crippen LogP contribution in [0.25, 0.3) is 11.5 Å². The highest BCUT2D eigenvalue weighted by molar-refractivity contribution is 5.96. The summed E-state index contributed by atoms with van der Waals surface area (Å²) < 4.78 is 12.7. The van der Waals surface area contributed by atoms with Gasteiger partial charge in [-0.2, -0.15) is 9.78 Å². The van der Waals surface area contributed by atoms with Crippen LogP contribution < -0.4 is 11.1 Å². The van der Waals surface area contributed by atoms with Gasteiger partial charge in [0.25, 0.3) is 5.91 Å². The van der Waals surface area contributed by atoms with Gasteiger partial charge in [-0.05, 0) is 32.9 Å². The van der Waals surface area contributed by atoms with Crippen LogP contribution in [0.2, 0.25) is 0 Å². The quantitative estimate of drug-likeness (QED) is 0.622. The average Bonchev–Trinajstić information content (AvgIpc) is 3.16. The van der Waals surface area contributed by atoms with Crippen molar-refractivity contribution in [2.24, 2.45) is 7.05 Å². The molecule has 10 heteroatoms. The molecule has 0 saturated heterocycles. The predicted molar refractivity (Wildman–Crippen MR) is 103 cm³/mol. The van der Waals surface area contributed by atoms with Crippen LogP contribution in [-0.4, -0.2) is 37.5 Å². The minimum atomic E-state index is -1.07. The molecular weight excluding hydrogens is 378 g/mol. The number of carbonyl (C=O) groups excluding carboxylic acids is 2. The number of carbonyl (C=O) groups is 2. The second-order valence-electron chi connectivity index (χ2n) is 6.49. The number of anilines is 1. The molecule has 0 aliphatic carbocycles. The number of hydrogen-bond acceptors (Lipinski definition) is 7. The molecule has 0 fully saturated rings. The highest BCUT2D eigenvalue weighted by atomic mass is 16.5. The van der Waals surface area contributed by atoms with E-state index in [0.29, 0.717) is 16.9 Å². The average molecular weight is 399 g/mol. The van der Waals surface area contributed by atoms with E-state index in [1.807, 2.05) is 13.0 Å². The van der Waals surface area contributed by atoms with E-state index in [9.17, 15) is 14.4 Å². The first-order valence-corrected chi connectivity index (χ1v) is 8.90. The van der Waals surface area contributed by atoms with Gasteiger partial charge >= 0.3 is 11.7 Å². The first-order chi connectivity index (χ1) is 13.8. The Balaban J connectivity index is 1.62. The molecule has 2 aromatic heterocycles. The molecule has 1 N–H and O–H groups in total. The van der Waals surface area contributed by atoms with Crippen molar-refractivity contribution in [3.8, 4) is 11.5 Å². The van der Waals surface area contributed by atoms with E-state index in [2.05, 4.69) is 15.5 Å². The van der Waals surface area contributed by atoms with Gasteiger partial charge in [-0.3, -0.25) is 14.3 Å². The Labute approximate surface area is 166 Å². The molecule has 152 valence electrons. The largest absolute Gasteiger partial charge is 0.451 e. The first kappa shape index (κ1) is 20.1. The summed E-state index contributed by atoms with van der Waals surface area (Å²) in [7, 11) is 1.76. The fourth-order valence-electron chi connectivity index (χ4n) is 2.69. The lowest BCUT2D eigenvalue weighted by atomic mass is 10.2.